The quantitative estimate of drug-likeness (QED) is 0.406. The molecule has 0 atom stereocenters. The molecule has 0 saturated carbocycles. The summed E-state index contributed by atoms with van der Waals surface area (Å²) in [5.74, 6) is 1.62. The van der Waals surface area contributed by atoms with Gasteiger partial charge in [0.25, 0.3) is 5.91 Å². The fourth-order valence-corrected chi connectivity index (χ4v) is 6.02. The molecule has 1 amide bonds. The van der Waals surface area contributed by atoms with E-state index in [9.17, 15) is 4.79 Å². The van der Waals surface area contributed by atoms with Crippen LogP contribution in [0.2, 0.25) is 5.02 Å². The van der Waals surface area contributed by atoms with Crippen molar-refractivity contribution in [3.8, 4) is 32.6 Å². The fourth-order valence-electron chi connectivity index (χ4n) is 4.59. The van der Waals surface area contributed by atoms with Crippen molar-refractivity contribution in [3.63, 3.8) is 0 Å². The molecular formula is C26H24ClN5O2S. The molecule has 0 bridgehead atoms. The van der Waals surface area contributed by atoms with E-state index >= 15 is 0 Å². The van der Waals surface area contributed by atoms with E-state index in [-0.39, 0.29) is 5.91 Å². The van der Waals surface area contributed by atoms with E-state index in [1.165, 1.54) is 5.56 Å². The third-order valence-corrected chi connectivity index (χ3v) is 8.07. The topological polar surface area (TPSA) is 63.5 Å². The zero-order valence-electron chi connectivity index (χ0n) is 19.3. The number of amides is 1. The van der Waals surface area contributed by atoms with Gasteiger partial charge in [0.2, 0.25) is 0 Å². The molecule has 0 N–H and O–H groups in total. The molecule has 35 heavy (non-hydrogen) atoms. The Morgan fingerprint density at radius 1 is 1.09 bits per heavy atom. The van der Waals surface area contributed by atoms with Crippen LogP contribution in [0.3, 0.4) is 0 Å². The summed E-state index contributed by atoms with van der Waals surface area (Å²) in [4.78, 5) is 24.1. The Morgan fingerprint density at radius 3 is 2.74 bits per heavy atom. The normalized spacial score (nSPS) is 15.8. The maximum Gasteiger partial charge on any atom is 0.253 e. The number of fused-ring (bicyclic) bond motifs is 3. The predicted octanol–water partition coefficient (Wildman–Crippen LogP) is 4.64. The summed E-state index contributed by atoms with van der Waals surface area (Å²) in [5, 5.41) is 5.05. The molecule has 2 aliphatic rings. The molecule has 2 aromatic heterocycles. The van der Waals surface area contributed by atoms with E-state index in [2.05, 4.69) is 28.1 Å². The van der Waals surface area contributed by atoms with Gasteiger partial charge in [0.05, 0.1) is 22.2 Å². The van der Waals surface area contributed by atoms with Gasteiger partial charge in [-0.1, -0.05) is 23.7 Å². The number of carbonyl (C=O) groups is 1. The largest absolute Gasteiger partial charge is 0.493 e. The summed E-state index contributed by atoms with van der Waals surface area (Å²) in [6, 6.07) is 15.6. The summed E-state index contributed by atoms with van der Waals surface area (Å²) in [6.45, 7) is 3.86. The van der Waals surface area contributed by atoms with E-state index in [0.29, 0.717) is 17.2 Å². The molecule has 6 rings (SSSR count). The van der Waals surface area contributed by atoms with Gasteiger partial charge in [-0.2, -0.15) is 5.10 Å². The van der Waals surface area contributed by atoms with Crippen LogP contribution in [0.5, 0.6) is 5.75 Å². The lowest BCUT2D eigenvalue weighted by atomic mass is 10.0. The first kappa shape index (κ1) is 22.3. The summed E-state index contributed by atoms with van der Waals surface area (Å²) in [6.07, 6.45) is 2.33. The second-order valence-electron chi connectivity index (χ2n) is 8.82. The second kappa shape index (κ2) is 9.11. The van der Waals surface area contributed by atoms with Crippen LogP contribution in [0, 0.1) is 0 Å². The number of likely N-dealkylation sites (N-methyl/N-ethyl adjacent to an activating group) is 1. The first-order valence-corrected chi connectivity index (χ1v) is 12.8. The van der Waals surface area contributed by atoms with Crippen molar-refractivity contribution in [2.45, 2.75) is 6.42 Å². The number of piperazine rings is 1. The lowest BCUT2D eigenvalue weighted by Crippen LogP contribution is -2.47. The number of hydrogen-bond donors (Lipinski definition) is 0. The van der Waals surface area contributed by atoms with Crippen molar-refractivity contribution >= 4 is 28.8 Å². The highest BCUT2D eigenvalue weighted by Gasteiger charge is 2.25. The summed E-state index contributed by atoms with van der Waals surface area (Å²) in [7, 11) is 2.09. The fraction of sp³-hybridized carbons (Fsp3) is 0.269. The minimum Gasteiger partial charge on any atom is -0.493 e. The Balaban J connectivity index is 1.38. The minimum absolute atomic E-state index is 0.0712. The minimum atomic E-state index is 0.0712. The van der Waals surface area contributed by atoms with Crippen LogP contribution in [0.15, 0.2) is 54.9 Å². The zero-order valence-corrected chi connectivity index (χ0v) is 20.8. The Bertz CT molecular complexity index is 1410. The van der Waals surface area contributed by atoms with E-state index in [0.717, 1.165) is 65.2 Å². The van der Waals surface area contributed by atoms with E-state index in [1.807, 2.05) is 47.4 Å². The first-order chi connectivity index (χ1) is 17.1. The van der Waals surface area contributed by atoms with E-state index < -0.39 is 0 Å². The number of nitrogens with zero attached hydrogens (tertiary/aromatic N) is 5. The molecule has 178 valence electrons. The molecule has 0 unspecified atom stereocenters. The molecular weight excluding hydrogens is 482 g/mol. The van der Waals surface area contributed by atoms with Crippen molar-refractivity contribution in [2.24, 2.45) is 0 Å². The number of rotatable bonds is 3. The molecule has 2 aliphatic heterocycles. The number of para-hydroxylation sites is 1. The van der Waals surface area contributed by atoms with Gasteiger partial charge in [-0.3, -0.25) is 4.79 Å². The highest BCUT2D eigenvalue weighted by molar-refractivity contribution is 7.19. The molecule has 0 radical (unpaired) electrons. The van der Waals surface area contributed by atoms with Gasteiger partial charge in [0, 0.05) is 48.6 Å². The van der Waals surface area contributed by atoms with Gasteiger partial charge in [-0.25, -0.2) is 9.67 Å². The van der Waals surface area contributed by atoms with Crippen molar-refractivity contribution in [2.75, 3.05) is 39.8 Å². The molecule has 1 fully saturated rings. The monoisotopic (exact) mass is 505 g/mol. The molecule has 2 aromatic carbocycles. The van der Waals surface area contributed by atoms with Gasteiger partial charge >= 0.3 is 0 Å². The van der Waals surface area contributed by atoms with Crippen LogP contribution >= 0.6 is 22.9 Å². The smallest absolute Gasteiger partial charge is 0.253 e. The SMILES string of the molecule is CN1CCN(C(=O)c2ccc3c(c2)-c2sc(-c4ncnn4-c4ccccc4Cl)cc2CCO3)CC1. The number of aromatic nitrogens is 3. The maximum atomic E-state index is 13.3. The number of carbonyl (C=O) groups excluding carboxylic acids is 1. The summed E-state index contributed by atoms with van der Waals surface area (Å²) < 4.78 is 7.82. The van der Waals surface area contributed by atoms with Crippen LogP contribution in [0.25, 0.3) is 26.8 Å². The van der Waals surface area contributed by atoms with Crippen LogP contribution in [-0.4, -0.2) is 70.3 Å². The lowest BCUT2D eigenvalue weighted by molar-refractivity contribution is 0.0664. The third kappa shape index (κ3) is 4.11. The Hall–Kier alpha value is -3.20. The zero-order chi connectivity index (χ0) is 23.9. The average molecular weight is 506 g/mol. The number of ether oxygens (including phenoxy) is 1. The number of thiophene rings is 1. The standard InChI is InChI=1S/C26H24ClN5O2S/c1-30-9-11-31(12-10-30)26(33)18-6-7-22-19(14-18)24-17(8-13-34-22)15-23(35-24)25-28-16-29-32(25)21-5-3-2-4-20(21)27/h2-7,14-16H,8-13H2,1H3. The van der Waals surface area contributed by atoms with Gasteiger partial charge in [-0.15, -0.1) is 11.3 Å². The van der Waals surface area contributed by atoms with Crippen LogP contribution in [0.1, 0.15) is 15.9 Å². The molecule has 7 nitrogen and oxygen atoms in total. The van der Waals surface area contributed by atoms with Crippen molar-refractivity contribution < 1.29 is 9.53 Å². The molecule has 4 aromatic rings. The highest BCUT2D eigenvalue weighted by atomic mass is 35.5. The van der Waals surface area contributed by atoms with Crippen LogP contribution < -0.4 is 4.74 Å². The van der Waals surface area contributed by atoms with Crippen LogP contribution in [0.4, 0.5) is 0 Å². The van der Waals surface area contributed by atoms with Gasteiger partial charge in [-0.05, 0) is 49.0 Å². The van der Waals surface area contributed by atoms with Crippen molar-refractivity contribution in [1.82, 2.24) is 24.6 Å². The van der Waals surface area contributed by atoms with Crippen LogP contribution in [-0.2, 0) is 6.42 Å². The Labute approximate surface area is 212 Å². The van der Waals surface area contributed by atoms with E-state index in [1.54, 1.807) is 22.3 Å². The maximum absolute atomic E-state index is 13.3. The lowest BCUT2D eigenvalue weighted by Gasteiger charge is -2.32. The predicted molar refractivity (Wildman–Crippen MR) is 138 cm³/mol. The highest BCUT2D eigenvalue weighted by Crippen LogP contribution is 2.44. The molecule has 1 saturated heterocycles. The molecule has 4 heterocycles. The van der Waals surface area contributed by atoms with Crippen molar-refractivity contribution in [3.05, 3.63) is 71.0 Å². The van der Waals surface area contributed by atoms with Crippen molar-refractivity contribution in [1.29, 1.82) is 0 Å². The first-order valence-electron chi connectivity index (χ1n) is 11.6. The second-order valence-corrected chi connectivity index (χ2v) is 10.3. The Kier molecular flexibility index (Phi) is 5.80. The average Bonchev–Trinajstić information content (AvgIpc) is 3.48. The summed E-state index contributed by atoms with van der Waals surface area (Å²) >= 11 is 8.09. The number of benzene rings is 2. The Morgan fingerprint density at radius 2 is 1.91 bits per heavy atom. The molecule has 0 spiro atoms. The van der Waals surface area contributed by atoms with Gasteiger partial charge < -0.3 is 14.5 Å². The van der Waals surface area contributed by atoms with Gasteiger partial charge in [0.1, 0.15) is 12.1 Å². The van der Waals surface area contributed by atoms with Gasteiger partial charge in [0.15, 0.2) is 5.82 Å². The number of hydrogen-bond acceptors (Lipinski definition) is 6. The van der Waals surface area contributed by atoms with E-state index in [4.69, 9.17) is 16.3 Å². The summed E-state index contributed by atoms with van der Waals surface area (Å²) in [5.41, 5.74) is 3.62. The molecule has 9 heteroatoms. The number of halogens is 1. The molecule has 0 aliphatic carbocycles. The third-order valence-electron chi connectivity index (χ3n) is 6.55.